The SMILES string of the molecule is CCCCCCCCCCOc1ccc(CN=[N+]=[N-])cc1. The maximum Gasteiger partial charge on any atom is 0.119 e. The third-order valence-electron chi connectivity index (χ3n) is 3.51. The second-order valence-electron chi connectivity index (χ2n) is 5.36. The van der Waals surface area contributed by atoms with E-state index in [1.807, 2.05) is 24.3 Å². The third-order valence-corrected chi connectivity index (χ3v) is 3.51. The van der Waals surface area contributed by atoms with Gasteiger partial charge in [-0.05, 0) is 29.6 Å². The molecule has 21 heavy (non-hydrogen) atoms. The molecule has 0 fully saturated rings. The van der Waals surface area contributed by atoms with Crippen LogP contribution in [0.25, 0.3) is 10.4 Å². The molecule has 0 radical (unpaired) electrons. The minimum absolute atomic E-state index is 0.398. The Morgan fingerprint density at radius 2 is 1.57 bits per heavy atom. The molecule has 0 amide bonds. The number of rotatable bonds is 12. The van der Waals surface area contributed by atoms with Crippen LogP contribution in [0, 0.1) is 0 Å². The predicted molar refractivity (Wildman–Crippen MR) is 87.4 cm³/mol. The van der Waals surface area contributed by atoms with Crippen molar-refractivity contribution < 1.29 is 4.74 Å². The second-order valence-corrected chi connectivity index (χ2v) is 5.36. The quantitative estimate of drug-likeness (QED) is 0.201. The number of azide groups is 1. The third kappa shape index (κ3) is 8.98. The van der Waals surface area contributed by atoms with Crippen molar-refractivity contribution in [3.8, 4) is 5.75 Å². The van der Waals surface area contributed by atoms with Gasteiger partial charge in [-0.15, -0.1) is 0 Å². The summed E-state index contributed by atoms with van der Waals surface area (Å²) in [5, 5.41) is 3.53. The molecule has 1 rings (SSSR count). The topological polar surface area (TPSA) is 58.0 Å². The minimum atomic E-state index is 0.398. The van der Waals surface area contributed by atoms with Gasteiger partial charge < -0.3 is 4.74 Å². The summed E-state index contributed by atoms with van der Waals surface area (Å²) in [6.07, 6.45) is 10.5. The molecule has 0 bridgehead atoms. The molecule has 0 N–H and O–H groups in total. The van der Waals surface area contributed by atoms with Gasteiger partial charge in [0, 0.05) is 4.91 Å². The van der Waals surface area contributed by atoms with Crippen LogP contribution in [0.4, 0.5) is 0 Å². The zero-order chi connectivity index (χ0) is 15.2. The molecule has 4 nitrogen and oxygen atoms in total. The molecule has 0 saturated heterocycles. The van der Waals surface area contributed by atoms with Crippen molar-refractivity contribution in [2.75, 3.05) is 6.61 Å². The van der Waals surface area contributed by atoms with Crippen LogP contribution in [-0.4, -0.2) is 6.61 Å². The Labute approximate surface area is 128 Å². The van der Waals surface area contributed by atoms with Crippen molar-refractivity contribution >= 4 is 0 Å². The summed E-state index contributed by atoms with van der Waals surface area (Å²) in [6.45, 7) is 3.43. The van der Waals surface area contributed by atoms with E-state index in [0.717, 1.165) is 24.3 Å². The second kappa shape index (κ2) is 12.1. The number of unbranched alkanes of at least 4 members (excludes halogenated alkanes) is 7. The molecule has 116 valence electrons. The molecule has 1 aromatic carbocycles. The van der Waals surface area contributed by atoms with Crippen LogP contribution in [0.1, 0.15) is 63.9 Å². The van der Waals surface area contributed by atoms with Crippen LogP contribution < -0.4 is 4.74 Å². The molecule has 0 spiro atoms. The minimum Gasteiger partial charge on any atom is -0.494 e. The van der Waals surface area contributed by atoms with E-state index in [2.05, 4.69) is 16.9 Å². The van der Waals surface area contributed by atoms with Crippen molar-refractivity contribution in [2.45, 2.75) is 64.8 Å². The average molecular weight is 289 g/mol. The lowest BCUT2D eigenvalue weighted by Crippen LogP contribution is -1.97. The summed E-state index contributed by atoms with van der Waals surface area (Å²) in [5.41, 5.74) is 9.27. The monoisotopic (exact) mass is 289 g/mol. The zero-order valence-electron chi connectivity index (χ0n) is 13.1. The number of hydrogen-bond acceptors (Lipinski definition) is 2. The highest BCUT2D eigenvalue weighted by Gasteiger charge is 1.96. The first-order valence-electron chi connectivity index (χ1n) is 8.09. The van der Waals surface area contributed by atoms with Gasteiger partial charge in [0.25, 0.3) is 0 Å². The maximum atomic E-state index is 8.26. The maximum absolute atomic E-state index is 8.26. The van der Waals surface area contributed by atoms with Crippen molar-refractivity contribution in [3.05, 3.63) is 40.3 Å². The summed E-state index contributed by atoms with van der Waals surface area (Å²) in [5.74, 6) is 0.891. The Kier molecular flexibility index (Phi) is 10.0. The molecule has 0 aliphatic carbocycles. The first kappa shape index (κ1) is 17.4. The van der Waals surface area contributed by atoms with E-state index >= 15 is 0 Å². The lowest BCUT2D eigenvalue weighted by Gasteiger charge is -2.06. The van der Waals surface area contributed by atoms with Crippen LogP contribution in [0.15, 0.2) is 29.4 Å². The highest BCUT2D eigenvalue weighted by molar-refractivity contribution is 5.27. The Hall–Kier alpha value is -1.67. The van der Waals surface area contributed by atoms with Gasteiger partial charge in [-0.2, -0.15) is 0 Å². The van der Waals surface area contributed by atoms with E-state index in [0.29, 0.717) is 6.54 Å². The highest BCUT2D eigenvalue weighted by atomic mass is 16.5. The fraction of sp³-hybridized carbons (Fsp3) is 0.647. The molecule has 0 aliphatic heterocycles. The van der Waals surface area contributed by atoms with Crippen molar-refractivity contribution in [1.29, 1.82) is 0 Å². The molecule has 0 unspecified atom stereocenters. The van der Waals surface area contributed by atoms with E-state index in [1.54, 1.807) is 0 Å². The van der Waals surface area contributed by atoms with Gasteiger partial charge in [-0.3, -0.25) is 0 Å². The fourth-order valence-electron chi connectivity index (χ4n) is 2.23. The largest absolute Gasteiger partial charge is 0.494 e. The lowest BCUT2D eigenvalue weighted by molar-refractivity contribution is 0.304. The normalized spacial score (nSPS) is 10.1. The standard InChI is InChI=1S/C17H27N3O/c1-2-3-4-5-6-7-8-9-14-21-17-12-10-16(11-13-17)15-19-20-18/h10-13H,2-9,14-15H2,1H3. The van der Waals surface area contributed by atoms with E-state index in [9.17, 15) is 0 Å². The number of nitrogens with zero attached hydrogens (tertiary/aromatic N) is 3. The van der Waals surface area contributed by atoms with E-state index in [4.69, 9.17) is 10.3 Å². The molecular formula is C17H27N3O. The zero-order valence-corrected chi connectivity index (χ0v) is 13.1. The molecule has 0 saturated carbocycles. The van der Waals surface area contributed by atoms with Crippen molar-refractivity contribution in [3.63, 3.8) is 0 Å². The van der Waals surface area contributed by atoms with Crippen LogP contribution in [0.5, 0.6) is 5.75 Å². The molecular weight excluding hydrogens is 262 g/mol. The summed E-state index contributed by atoms with van der Waals surface area (Å²) >= 11 is 0. The molecule has 0 atom stereocenters. The van der Waals surface area contributed by atoms with Gasteiger partial charge in [-0.25, -0.2) is 0 Å². The van der Waals surface area contributed by atoms with Crippen LogP contribution >= 0.6 is 0 Å². The Balaban J connectivity index is 2.03. The highest BCUT2D eigenvalue weighted by Crippen LogP contribution is 2.14. The number of ether oxygens (including phenoxy) is 1. The lowest BCUT2D eigenvalue weighted by atomic mass is 10.1. The fourth-order valence-corrected chi connectivity index (χ4v) is 2.23. The van der Waals surface area contributed by atoms with Gasteiger partial charge in [0.05, 0.1) is 13.2 Å². The van der Waals surface area contributed by atoms with Gasteiger partial charge in [-0.1, -0.05) is 69.1 Å². The van der Waals surface area contributed by atoms with E-state index < -0.39 is 0 Å². The summed E-state index contributed by atoms with van der Waals surface area (Å²) in [4.78, 5) is 2.75. The molecule has 0 aliphatic rings. The summed E-state index contributed by atoms with van der Waals surface area (Å²) in [7, 11) is 0. The molecule has 0 aromatic heterocycles. The summed E-state index contributed by atoms with van der Waals surface area (Å²) < 4.78 is 5.71. The van der Waals surface area contributed by atoms with Crippen molar-refractivity contribution in [1.82, 2.24) is 0 Å². The van der Waals surface area contributed by atoms with Crippen LogP contribution in [-0.2, 0) is 6.54 Å². The Morgan fingerprint density at radius 1 is 0.952 bits per heavy atom. The molecule has 1 aromatic rings. The number of benzene rings is 1. The van der Waals surface area contributed by atoms with Gasteiger partial charge in [0.2, 0.25) is 0 Å². The van der Waals surface area contributed by atoms with E-state index in [-0.39, 0.29) is 0 Å². The van der Waals surface area contributed by atoms with Crippen LogP contribution in [0.2, 0.25) is 0 Å². The van der Waals surface area contributed by atoms with E-state index in [1.165, 1.54) is 44.9 Å². The predicted octanol–water partition coefficient (Wildman–Crippen LogP) is 6.02. The first-order valence-corrected chi connectivity index (χ1v) is 8.09. The smallest absolute Gasteiger partial charge is 0.119 e. The van der Waals surface area contributed by atoms with Gasteiger partial charge in [0.1, 0.15) is 5.75 Å². The Bertz CT molecular complexity index is 411. The first-order chi connectivity index (χ1) is 10.4. The number of hydrogen-bond donors (Lipinski definition) is 0. The Morgan fingerprint density at radius 3 is 2.19 bits per heavy atom. The van der Waals surface area contributed by atoms with Gasteiger partial charge in [0.15, 0.2) is 0 Å². The van der Waals surface area contributed by atoms with Crippen LogP contribution in [0.3, 0.4) is 0 Å². The molecule has 4 heteroatoms. The van der Waals surface area contributed by atoms with Gasteiger partial charge >= 0.3 is 0 Å². The summed E-state index contributed by atoms with van der Waals surface area (Å²) in [6, 6.07) is 7.76. The average Bonchev–Trinajstić information content (AvgIpc) is 2.52. The van der Waals surface area contributed by atoms with Crippen molar-refractivity contribution in [2.24, 2.45) is 5.11 Å². The molecule has 0 heterocycles.